The quantitative estimate of drug-likeness (QED) is 0.660. The maximum atomic E-state index is 12.5. The van der Waals surface area contributed by atoms with Gasteiger partial charge in [0.2, 0.25) is 0 Å². The molecule has 0 unspecified atom stereocenters. The van der Waals surface area contributed by atoms with Crippen LogP contribution in [0.15, 0.2) is 53.1 Å². The van der Waals surface area contributed by atoms with Crippen LogP contribution in [0, 0.1) is 6.92 Å². The third-order valence-electron chi connectivity index (χ3n) is 4.00. The van der Waals surface area contributed by atoms with Crippen molar-refractivity contribution in [3.05, 3.63) is 76.1 Å². The number of halogens is 1. The molecule has 0 fully saturated rings. The monoisotopic (exact) mass is 370 g/mol. The van der Waals surface area contributed by atoms with Gasteiger partial charge in [-0.25, -0.2) is 0 Å². The molecule has 3 aromatic rings. The van der Waals surface area contributed by atoms with Gasteiger partial charge in [0.1, 0.15) is 18.1 Å². The van der Waals surface area contributed by atoms with Gasteiger partial charge in [0.25, 0.3) is 5.91 Å². The number of carbonyl (C=O) groups excluding carboxylic acids is 1. The second kappa shape index (κ2) is 8.06. The average Bonchev–Trinajstić information content (AvgIpc) is 3.01. The van der Waals surface area contributed by atoms with Crippen LogP contribution in [0.1, 0.15) is 34.3 Å². The van der Waals surface area contributed by atoms with Crippen molar-refractivity contribution >= 4 is 23.2 Å². The Morgan fingerprint density at radius 1 is 1.23 bits per heavy atom. The molecule has 5 nitrogen and oxygen atoms in total. The fourth-order valence-electron chi connectivity index (χ4n) is 2.47. The van der Waals surface area contributed by atoms with E-state index in [1.807, 2.05) is 24.3 Å². The van der Waals surface area contributed by atoms with Crippen LogP contribution in [-0.4, -0.2) is 11.1 Å². The standard InChI is InChI=1S/C20H19ClN2O3/c1-3-14-7-9-17(10-8-14)25-12-18-13(2)26-23-19(18)20(24)22-16-6-4-5-15(21)11-16/h4-11H,3,12H2,1-2H3,(H,22,24). The van der Waals surface area contributed by atoms with Crippen LogP contribution in [0.3, 0.4) is 0 Å². The van der Waals surface area contributed by atoms with Gasteiger partial charge in [0.05, 0.1) is 5.56 Å². The number of benzene rings is 2. The number of rotatable bonds is 6. The van der Waals surface area contributed by atoms with Gasteiger partial charge in [0, 0.05) is 10.7 Å². The minimum absolute atomic E-state index is 0.194. The van der Waals surface area contributed by atoms with Crippen LogP contribution in [-0.2, 0) is 13.0 Å². The van der Waals surface area contributed by atoms with E-state index in [1.165, 1.54) is 5.56 Å². The number of anilines is 1. The second-order valence-corrected chi connectivity index (χ2v) is 6.25. The third-order valence-corrected chi connectivity index (χ3v) is 4.23. The molecule has 2 aromatic carbocycles. The topological polar surface area (TPSA) is 64.4 Å². The fraction of sp³-hybridized carbons (Fsp3) is 0.200. The van der Waals surface area contributed by atoms with Crippen LogP contribution in [0.5, 0.6) is 5.75 Å². The Morgan fingerprint density at radius 2 is 2.00 bits per heavy atom. The first-order valence-corrected chi connectivity index (χ1v) is 8.68. The summed E-state index contributed by atoms with van der Waals surface area (Å²) in [5.41, 5.74) is 2.64. The van der Waals surface area contributed by atoms with Crippen LogP contribution in [0.25, 0.3) is 0 Å². The minimum atomic E-state index is -0.371. The van der Waals surface area contributed by atoms with Gasteiger partial charge in [-0.2, -0.15) is 0 Å². The molecule has 0 atom stereocenters. The largest absolute Gasteiger partial charge is 0.489 e. The molecule has 0 saturated heterocycles. The molecule has 0 aliphatic carbocycles. The van der Waals surface area contributed by atoms with Gasteiger partial charge < -0.3 is 14.6 Å². The van der Waals surface area contributed by atoms with Crippen molar-refractivity contribution in [2.75, 3.05) is 5.32 Å². The first-order chi connectivity index (χ1) is 12.6. The summed E-state index contributed by atoms with van der Waals surface area (Å²) in [6.45, 7) is 4.04. The summed E-state index contributed by atoms with van der Waals surface area (Å²) in [4.78, 5) is 12.5. The summed E-state index contributed by atoms with van der Waals surface area (Å²) < 4.78 is 11.0. The summed E-state index contributed by atoms with van der Waals surface area (Å²) in [6.07, 6.45) is 0.971. The molecule has 0 radical (unpaired) electrons. The van der Waals surface area contributed by atoms with Gasteiger partial charge in [0.15, 0.2) is 5.69 Å². The Balaban J connectivity index is 1.72. The normalized spacial score (nSPS) is 10.6. The van der Waals surface area contributed by atoms with Crippen molar-refractivity contribution in [1.82, 2.24) is 5.16 Å². The van der Waals surface area contributed by atoms with E-state index >= 15 is 0 Å². The molecule has 26 heavy (non-hydrogen) atoms. The maximum absolute atomic E-state index is 12.5. The summed E-state index contributed by atoms with van der Waals surface area (Å²) in [5.74, 6) is 0.902. The van der Waals surface area contributed by atoms with Crippen LogP contribution >= 0.6 is 11.6 Å². The highest BCUT2D eigenvalue weighted by atomic mass is 35.5. The van der Waals surface area contributed by atoms with Gasteiger partial charge in [-0.05, 0) is 49.2 Å². The molecule has 3 rings (SSSR count). The third kappa shape index (κ3) is 4.24. The molecular formula is C20H19ClN2O3. The van der Waals surface area contributed by atoms with Crippen molar-refractivity contribution in [2.24, 2.45) is 0 Å². The Labute approximate surface area is 156 Å². The predicted octanol–water partition coefficient (Wildman–Crippen LogP) is 5.03. The van der Waals surface area contributed by atoms with Crippen LogP contribution in [0.2, 0.25) is 5.02 Å². The van der Waals surface area contributed by atoms with Crippen molar-refractivity contribution in [3.8, 4) is 5.75 Å². The number of amides is 1. The average molecular weight is 371 g/mol. The van der Waals surface area contributed by atoms with Crippen molar-refractivity contribution < 1.29 is 14.1 Å². The zero-order chi connectivity index (χ0) is 18.5. The fourth-order valence-corrected chi connectivity index (χ4v) is 2.66. The number of nitrogens with one attached hydrogen (secondary N) is 1. The van der Waals surface area contributed by atoms with Crippen molar-refractivity contribution in [2.45, 2.75) is 26.9 Å². The zero-order valence-corrected chi connectivity index (χ0v) is 15.3. The number of aryl methyl sites for hydroxylation is 2. The molecule has 1 heterocycles. The molecule has 1 amide bonds. The van der Waals surface area contributed by atoms with E-state index in [2.05, 4.69) is 17.4 Å². The summed E-state index contributed by atoms with van der Waals surface area (Å²) in [5, 5.41) is 7.18. The summed E-state index contributed by atoms with van der Waals surface area (Å²) in [7, 11) is 0. The van der Waals surface area contributed by atoms with Crippen LogP contribution in [0.4, 0.5) is 5.69 Å². The maximum Gasteiger partial charge on any atom is 0.278 e. The first kappa shape index (κ1) is 18.0. The molecule has 0 spiro atoms. The highest BCUT2D eigenvalue weighted by Gasteiger charge is 2.20. The Morgan fingerprint density at radius 3 is 2.69 bits per heavy atom. The van der Waals surface area contributed by atoms with Gasteiger partial charge >= 0.3 is 0 Å². The molecule has 134 valence electrons. The molecule has 0 aliphatic heterocycles. The number of nitrogens with zero attached hydrogens (tertiary/aromatic N) is 1. The van der Waals surface area contributed by atoms with Crippen molar-refractivity contribution in [1.29, 1.82) is 0 Å². The van der Waals surface area contributed by atoms with E-state index in [-0.39, 0.29) is 18.2 Å². The Bertz CT molecular complexity index is 904. The smallest absolute Gasteiger partial charge is 0.278 e. The zero-order valence-electron chi connectivity index (χ0n) is 14.6. The second-order valence-electron chi connectivity index (χ2n) is 5.82. The Kier molecular flexibility index (Phi) is 5.58. The summed E-state index contributed by atoms with van der Waals surface area (Å²) >= 11 is 5.94. The lowest BCUT2D eigenvalue weighted by molar-refractivity contribution is 0.101. The van der Waals surface area contributed by atoms with E-state index < -0.39 is 0 Å². The highest BCUT2D eigenvalue weighted by molar-refractivity contribution is 6.30. The Hall–Kier alpha value is -2.79. The van der Waals surface area contributed by atoms with E-state index in [4.69, 9.17) is 20.9 Å². The molecule has 0 aliphatic rings. The lowest BCUT2D eigenvalue weighted by Crippen LogP contribution is -2.15. The number of carbonyl (C=O) groups is 1. The van der Waals surface area contributed by atoms with E-state index in [9.17, 15) is 4.79 Å². The van der Waals surface area contributed by atoms with Gasteiger partial charge in [-0.15, -0.1) is 0 Å². The van der Waals surface area contributed by atoms with Crippen LogP contribution < -0.4 is 10.1 Å². The molecule has 0 saturated carbocycles. The lowest BCUT2D eigenvalue weighted by Gasteiger charge is -2.08. The molecule has 6 heteroatoms. The van der Waals surface area contributed by atoms with Gasteiger partial charge in [-0.1, -0.05) is 41.9 Å². The van der Waals surface area contributed by atoms with Gasteiger partial charge in [-0.3, -0.25) is 4.79 Å². The minimum Gasteiger partial charge on any atom is -0.489 e. The highest BCUT2D eigenvalue weighted by Crippen LogP contribution is 2.21. The van der Waals surface area contributed by atoms with E-state index in [0.29, 0.717) is 22.0 Å². The number of hydrogen-bond donors (Lipinski definition) is 1. The number of aromatic nitrogens is 1. The predicted molar refractivity (Wildman–Crippen MR) is 101 cm³/mol. The van der Waals surface area contributed by atoms with E-state index in [0.717, 1.165) is 12.2 Å². The molecular weight excluding hydrogens is 352 g/mol. The first-order valence-electron chi connectivity index (χ1n) is 8.30. The summed E-state index contributed by atoms with van der Waals surface area (Å²) in [6, 6.07) is 14.8. The molecule has 1 N–H and O–H groups in total. The van der Waals surface area contributed by atoms with Crippen molar-refractivity contribution in [3.63, 3.8) is 0 Å². The van der Waals surface area contributed by atoms with E-state index in [1.54, 1.807) is 31.2 Å². The molecule has 1 aromatic heterocycles. The number of ether oxygens (including phenoxy) is 1. The SMILES string of the molecule is CCc1ccc(OCc2c(C(=O)Nc3cccc(Cl)c3)noc2C)cc1. The lowest BCUT2D eigenvalue weighted by atomic mass is 10.1. The molecule has 0 bridgehead atoms. The number of hydrogen-bond acceptors (Lipinski definition) is 4.